The van der Waals surface area contributed by atoms with E-state index in [9.17, 15) is 13.2 Å². The second kappa shape index (κ2) is 8.99. The molecular weight excluding hydrogens is 406 g/mol. The minimum atomic E-state index is -3.59. The zero-order valence-electron chi connectivity index (χ0n) is 16.5. The first-order valence-corrected chi connectivity index (χ1v) is 11.7. The van der Waals surface area contributed by atoms with Gasteiger partial charge in [0, 0.05) is 31.1 Å². The topological polar surface area (TPSA) is 81.5 Å². The highest BCUT2D eigenvalue weighted by Crippen LogP contribution is 2.26. The van der Waals surface area contributed by atoms with Crippen LogP contribution < -0.4 is 0 Å². The molecule has 1 amide bonds. The Morgan fingerprint density at radius 2 is 1.79 bits per heavy atom. The Labute approximate surface area is 176 Å². The molecule has 0 N–H and O–H groups in total. The van der Waals surface area contributed by atoms with Crippen molar-refractivity contribution in [3.8, 4) is 6.07 Å². The summed E-state index contributed by atoms with van der Waals surface area (Å²) in [4.78, 5) is 15.7. The normalized spacial score (nSPS) is 15.1. The van der Waals surface area contributed by atoms with Crippen molar-refractivity contribution in [1.29, 1.82) is 5.26 Å². The molecule has 1 heterocycles. The lowest BCUT2D eigenvalue weighted by molar-refractivity contribution is 0.0694. The summed E-state index contributed by atoms with van der Waals surface area (Å²) >= 11 is 1.33. The van der Waals surface area contributed by atoms with Crippen LogP contribution in [0, 0.1) is 25.2 Å². The van der Waals surface area contributed by atoms with Gasteiger partial charge in [-0.2, -0.15) is 9.57 Å². The molecule has 0 saturated carbocycles. The van der Waals surface area contributed by atoms with Crippen molar-refractivity contribution in [2.24, 2.45) is 0 Å². The second-order valence-corrected chi connectivity index (χ2v) is 9.83. The SMILES string of the molecule is Cc1ccc(C)c(S(=O)(=O)N2CCN(C(=O)c3ccccc3SCC#N)CC2)c1. The van der Waals surface area contributed by atoms with E-state index in [1.807, 2.05) is 31.2 Å². The summed E-state index contributed by atoms with van der Waals surface area (Å²) in [6, 6.07) is 14.7. The van der Waals surface area contributed by atoms with Crippen molar-refractivity contribution in [3.05, 3.63) is 59.2 Å². The van der Waals surface area contributed by atoms with Gasteiger partial charge in [-0.15, -0.1) is 11.8 Å². The lowest BCUT2D eigenvalue weighted by Gasteiger charge is -2.34. The van der Waals surface area contributed by atoms with Gasteiger partial charge in [-0.05, 0) is 43.2 Å². The van der Waals surface area contributed by atoms with E-state index >= 15 is 0 Å². The number of aryl methyl sites for hydroxylation is 2. The van der Waals surface area contributed by atoms with Crippen LogP contribution in [0.5, 0.6) is 0 Å². The minimum Gasteiger partial charge on any atom is -0.336 e. The van der Waals surface area contributed by atoms with Crippen molar-refractivity contribution >= 4 is 27.7 Å². The lowest BCUT2D eigenvalue weighted by Crippen LogP contribution is -2.50. The number of hydrogen-bond donors (Lipinski definition) is 0. The Hall–Kier alpha value is -2.34. The molecule has 2 aromatic rings. The van der Waals surface area contributed by atoms with Crippen LogP contribution in [0.2, 0.25) is 0 Å². The number of piperazine rings is 1. The highest BCUT2D eigenvalue weighted by molar-refractivity contribution is 7.99. The van der Waals surface area contributed by atoms with Crippen LogP contribution in [0.15, 0.2) is 52.3 Å². The predicted molar refractivity (Wildman–Crippen MR) is 113 cm³/mol. The van der Waals surface area contributed by atoms with Gasteiger partial charge in [0.1, 0.15) is 0 Å². The van der Waals surface area contributed by atoms with Crippen LogP contribution in [-0.2, 0) is 10.0 Å². The largest absolute Gasteiger partial charge is 0.336 e. The minimum absolute atomic E-state index is 0.130. The third-order valence-electron chi connectivity index (χ3n) is 4.90. The molecule has 0 radical (unpaired) electrons. The fourth-order valence-electron chi connectivity index (χ4n) is 3.31. The molecule has 0 unspecified atom stereocenters. The van der Waals surface area contributed by atoms with E-state index in [0.29, 0.717) is 23.5 Å². The average Bonchev–Trinajstić information content (AvgIpc) is 2.73. The van der Waals surface area contributed by atoms with Crippen LogP contribution in [0.4, 0.5) is 0 Å². The number of rotatable bonds is 5. The summed E-state index contributed by atoms with van der Waals surface area (Å²) < 4.78 is 27.6. The van der Waals surface area contributed by atoms with E-state index in [0.717, 1.165) is 16.0 Å². The summed E-state index contributed by atoms with van der Waals surface area (Å²) in [6.07, 6.45) is 0. The Bertz CT molecular complexity index is 1050. The summed E-state index contributed by atoms with van der Waals surface area (Å²) in [5, 5.41) is 8.81. The van der Waals surface area contributed by atoms with E-state index in [1.165, 1.54) is 16.1 Å². The molecule has 6 nitrogen and oxygen atoms in total. The maximum atomic E-state index is 13.1. The number of amides is 1. The number of hydrogen-bond acceptors (Lipinski definition) is 5. The number of sulfonamides is 1. The second-order valence-electron chi connectivity index (χ2n) is 6.91. The fraction of sp³-hybridized carbons (Fsp3) is 0.333. The molecule has 1 aliphatic rings. The third-order valence-corrected chi connectivity index (χ3v) is 7.88. The van der Waals surface area contributed by atoms with Gasteiger partial charge in [-0.3, -0.25) is 4.79 Å². The number of nitriles is 1. The van der Waals surface area contributed by atoms with Crippen molar-refractivity contribution in [2.45, 2.75) is 23.6 Å². The monoisotopic (exact) mass is 429 g/mol. The Morgan fingerprint density at radius 1 is 1.10 bits per heavy atom. The summed E-state index contributed by atoms with van der Waals surface area (Å²) in [5.74, 6) is 0.140. The standard InChI is InChI=1S/C21H23N3O3S2/c1-16-7-8-17(2)20(15-16)29(26,27)24-12-10-23(11-13-24)21(25)18-5-3-4-6-19(18)28-14-9-22/h3-8,15H,10-14H2,1-2H3. The van der Waals surface area contributed by atoms with Crippen LogP contribution >= 0.6 is 11.8 Å². The van der Waals surface area contributed by atoms with E-state index in [-0.39, 0.29) is 24.7 Å². The average molecular weight is 430 g/mol. The van der Waals surface area contributed by atoms with Gasteiger partial charge in [-0.1, -0.05) is 24.3 Å². The first-order valence-electron chi connectivity index (χ1n) is 9.30. The van der Waals surface area contributed by atoms with Crippen molar-refractivity contribution in [2.75, 3.05) is 31.9 Å². The molecule has 0 aliphatic carbocycles. The molecule has 1 saturated heterocycles. The van der Waals surface area contributed by atoms with Crippen LogP contribution in [0.1, 0.15) is 21.5 Å². The molecule has 0 atom stereocenters. The van der Waals surface area contributed by atoms with Crippen LogP contribution in [0.3, 0.4) is 0 Å². The predicted octanol–water partition coefficient (Wildman–Crippen LogP) is 3.07. The van der Waals surface area contributed by atoms with Gasteiger partial charge in [0.25, 0.3) is 5.91 Å². The van der Waals surface area contributed by atoms with Gasteiger partial charge in [-0.25, -0.2) is 8.42 Å². The molecule has 0 bridgehead atoms. The van der Waals surface area contributed by atoms with Crippen LogP contribution in [-0.4, -0.2) is 55.5 Å². The molecule has 3 rings (SSSR count). The molecule has 1 fully saturated rings. The van der Waals surface area contributed by atoms with E-state index in [4.69, 9.17) is 5.26 Å². The summed E-state index contributed by atoms with van der Waals surface area (Å²) in [6.45, 7) is 4.85. The Morgan fingerprint density at radius 3 is 2.48 bits per heavy atom. The zero-order valence-corrected chi connectivity index (χ0v) is 18.1. The first kappa shape index (κ1) is 21.4. The molecule has 1 aliphatic heterocycles. The van der Waals surface area contributed by atoms with E-state index in [1.54, 1.807) is 30.0 Å². The zero-order chi connectivity index (χ0) is 21.0. The van der Waals surface area contributed by atoms with E-state index < -0.39 is 10.0 Å². The number of carbonyl (C=O) groups excluding carboxylic acids is 1. The number of benzene rings is 2. The summed E-state index contributed by atoms with van der Waals surface area (Å²) in [7, 11) is -3.59. The third kappa shape index (κ3) is 4.64. The van der Waals surface area contributed by atoms with E-state index in [2.05, 4.69) is 6.07 Å². The number of thioether (sulfide) groups is 1. The van der Waals surface area contributed by atoms with Crippen LogP contribution in [0.25, 0.3) is 0 Å². The quantitative estimate of drug-likeness (QED) is 0.683. The first-order chi connectivity index (χ1) is 13.8. The van der Waals surface area contributed by atoms with Crippen molar-refractivity contribution < 1.29 is 13.2 Å². The van der Waals surface area contributed by atoms with Gasteiger partial charge in [0.05, 0.1) is 22.3 Å². The molecule has 2 aromatic carbocycles. The van der Waals surface area contributed by atoms with Crippen molar-refractivity contribution in [3.63, 3.8) is 0 Å². The molecule has 152 valence electrons. The lowest BCUT2D eigenvalue weighted by atomic mass is 10.2. The molecule has 0 spiro atoms. The molecule has 8 heteroatoms. The molecule has 0 aromatic heterocycles. The number of carbonyl (C=O) groups is 1. The Kier molecular flexibility index (Phi) is 6.63. The smallest absolute Gasteiger partial charge is 0.255 e. The van der Waals surface area contributed by atoms with Gasteiger partial charge in [0.15, 0.2) is 0 Å². The molecular formula is C21H23N3O3S2. The highest BCUT2D eigenvalue weighted by Gasteiger charge is 2.31. The fourth-order valence-corrected chi connectivity index (χ4v) is 5.74. The van der Waals surface area contributed by atoms with Gasteiger partial charge < -0.3 is 4.90 Å². The van der Waals surface area contributed by atoms with Crippen molar-refractivity contribution in [1.82, 2.24) is 9.21 Å². The maximum Gasteiger partial charge on any atom is 0.255 e. The summed E-state index contributed by atoms with van der Waals surface area (Å²) in [5.41, 5.74) is 2.17. The highest BCUT2D eigenvalue weighted by atomic mass is 32.2. The number of nitrogens with zero attached hydrogens (tertiary/aromatic N) is 3. The maximum absolute atomic E-state index is 13.1. The Balaban J connectivity index is 1.73. The molecule has 29 heavy (non-hydrogen) atoms. The van der Waals surface area contributed by atoms with Gasteiger partial charge in [0.2, 0.25) is 10.0 Å². The van der Waals surface area contributed by atoms with Gasteiger partial charge >= 0.3 is 0 Å².